The average Bonchev–Trinajstić information content (AvgIpc) is 2.41. The zero-order chi connectivity index (χ0) is 15.6. The van der Waals surface area contributed by atoms with Gasteiger partial charge in [0.15, 0.2) is 0 Å². The minimum atomic E-state index is -1.16. The van der Waals surface area contributed by atoms with E-state index >= 15 is 0 Å². The average molecular weight is 352 g/mol. The van der Waals surface area contributed by atoms with E-state index in [1.165, 1.54) is 18.2 Å². The molecule has 0 heterocycles. The van der Waals surface area contributed by atoms with Gasteiger partial charge in [-0.2, -0.15) is 0 Å². The summed E-state index contributed by atoms with van der Waals surface area (Å²) < 4.78 is 6.05. The molecule has 0 aromatic heterocycles. The van der Waals surface area contributed by atoms with Crippen LogP contribution in [-0.4, -0.2) is 16.0 Å². The second-order valence-electron chi connectivity index (χ2n) is 4.23. The number of hydrogen-bond donors (Lipinski definition) is 1. The lowest BCUT2D eigenvalue weighted by Crippen LogP contribution is -2.02. The molecule has 2 rings (SSSR count). The van der Waals surface area contributed by atoms with Gasteiger partial charge in [-0.3, -0.25) is 10.1 Å². The fourth-order valence-corrected chi connectivity index (χ4v) is 2.38. The zero-order valence-corrected chi connectivity index (χ0v) is 12.5. The number of para-hydroxylation sites is 1. The highest BCUT2D eigenvalue weighted by Crippen LogP contribution is 2.38. The van der Waals surface area contributed by atoms with Crippen LogP contribution in [-0.2, 0) is 0 Å². The summed E-state index contributed by atoms with van der Waals surface area (Å²) in [6, 6.07) is 8.95. The van der Waals surface area contributed by atoms with E-state index in [9.17, 15) is 14.9 Å². The van der Waals surface area contributed by atoms with Gasteiger partial charge < -0.3 is 9.84 Å². The SMILES string of the molecule is Cc1cc(Br)cc([N+](=O)[O-])c1Oc1ccccc1C(=O)O. The van der Waals surface area contributed by atoms with Gasteiger partial charge in [0.1, 0.15) is 11.3 Å². The van der Waals surface area contributed by atoms with Crippen molar-refractivity contribution >= 4 is 27.6 Å². The van der Waals surface area contributed by atoms with Crippen molar-refractivity contribution in [2.75, 3.05) is 0 Å². The minimum absolute atomic E-state index is 0.0249. The van der Waals surface area contributed by atoms with Crippen LogP contribution in [0.5, 0.6) is 11.5 Å². The highest BCUT2D eigenvalue weighted by atomic mass is 79.9. The summed E-state index contributed by atoms with van der Waals surface area (Å²) in [5.74, 6) is -1.08. The molecule has 2 aromatic carbocycles. The van der Waals surface area contributed by atoms with Crippen molar-refractivity contribution in [3.63, 3.8) is 0 Å². The van der Waals surface area contributed by atoms with E-state index in [1.54, 1.807) is 25.1 Å². The predicted molar refractivity (Wildman–Crippen MR) is 79.0 cm³/mol. The Balaban J connectivity index is 2.55. The normalized spacial score (nSPS) is 10.2. The van der Waals surface area contributed by atoms with Gasteiger partial charge in [0, 0.05) is 10.5 Å². The summed E-state index contributed by atoms with van der Waals surface area (Å²) in [6.45, 7) is 1.65. The van der Waals surface area contributed by atoms with Gasteiger partial charge in [0.25, 0.3) is 0 Å². The Hall–Kier alpha value is -2.41. The molecule has 0 aliphatic rings. The zero-order valence-electron chi connectivity index (χ0n) is 10.9. The Morgan fingerprint density at radius 1 is 1.33 bits per heavy atom. The molecule has 2 aromatic rings. The summed E-state index contributed by atoms with van der Waals surface area (Å²) in [7, 11) is 0. The van der Waals surface area contributed by atoms with Crippen LogP contribution in [0.25, 0.3) is 0 Å². The number of benzene rings is 2. The van der Waals surface area contributed by atoms with Crippen molar-refractivity contribution in [1.29, 1.82) is 0 Å². The maximum absolute atomic E-state index is 11.1. The summed E-state index contributed by atoms with van der Waals surface area (Å²) in [4.78, 5) is 21.7. The van der Waals surface area contributed by atoms with Crippen LogP contribution < -0.4 is 4.74 Å². The highest BCUT2D eigenvalue weighted by Gasteiger charge is 2.21. The Bertz CT molecular complexity index is 729. The standard InChI is InChI=1S/C14H10BrNO5/c1-8-6-9(15)7-11(16(19)20)13(8)21-12-5-3-2-4-10(12)14(17)18/h2-7H,1H3,(H,17,18). The lowest BCUT2D eigenvalue weighted by atomic mass is 10.1. The summed E-state index contributed by atoms with van der Waals surface area (Å²) in [6.07, 6.45) is 0. The van der Waals surface area contributed by atoms with E-state index in [0.29, 0.717) is 10.0 Å². The maximum Gasteiger partial charge on any atom is 0.339 e. The fraction of sp³-hybridized carbons (Fsp3) is 0.0714. The Morgan fingerprint density at radius 2 is 2.00 bits per heavy atom. The quantitative estimate of drug-likeness (QED) is 0.659. The molecule has 0 fully saturated rings. The molecule has 108 valence electrons. The topological polar surface area (TPSA) is 89.7 Å². The van der Waals surface area contributed by atoms with Gasteiger partial charge in [0.05, 0.1) is 4.92 Å². The van der Waals surface area contributed by atoms with Crippen LogP contribution in [0.4, 0.5) is 5.69 Å². The third kappa shape index (κ3) is 3.19. The molecule has 0 amide bonds. The number of carboxylic acids is 1. The van der Waals surface area contributed by atoms with Crippen molar-refractivity contribution in [3.05, 3.63) is 62.1 Å². The molecule has 0 aliphatic carbocycles. The Labute approximate surface area is 128 Å². The van der Waals surface area contributed by atoms with Gasteiger partial charge >= 0.3 is 11.7 Å². The minimum Gasteiger partial charge on any atom is -0.478 e. The molecular weight excluding hydrogens is 342 g/mol. The lowest BCUT2D eigenvalue weighted by molar-refractivity contribution is -0.385. The molecule has 7 heteroatoms. The molecule has 0 atom stereocenters. The number of halogens is 1. The first-order valence-electron chi connectivity index (χ1n) is 5.85. The fourth-order valence-electron chi connectivity index (χ4n) is 1.82. The third-order valence-corrected chi connectivity index (χ3v) is 3.20. The largest absolute Gasteiger partial charge is 0.478 e. The smallest absolute Gasteiger partial charge is 0.339 e. The van der Waals surface area contributed by atoms with Crippen molar-refractivity contribution in [3.8, 4) is 11.5 Å². The maximum atomic E-state index is 11.1. The van der Waals surface area contributed by atoms with Gasteiger partial charge in [-0.1, -0.05) is 28.1 Å². The van der Waals surface area contributed by atoms with Crippen LogP contribution in [0.3, 0.4) is 0 Å². The number of carbonyl (C=O) groups is 1. The summed E-state index contributed by atoms with van der Waals surface area (Å²) in [5, 5.41) is 20.2. The number of nitro benzene ring substituents is 1. The van der Waals surface area contributed by atoms with E-state index in [4.69, 9.17) is 9.84 Å². The van der Waals surface area contributed by atoms with E-state index < -0.39 is 10.9 Å². The first-order valence-corrected chi connectivity index (χ1v) is 6.64. The molecule has 0 bridgehead atoms. The van der Waals surface area contributed by atoms with E-state index in [-0.39, 0.29) is 22.7 Å². The Kier molecular flexibility index (Phi) is 4.23. The lowest BCUT2D eigenvalue weighted by Gasteiger charge is -2.11. The number of aryl methyl sites for hydroxylation is 1. The van der Waals surface area contributed by atoms with Gasteiger partial charge in [-0.25, -0.2) is 4.79 Å². The molecule has 21 heavy (non-hydrogen) atoms. The second-order valence-corrected chi connectivity index (χ2v) is 5.15. The molecule has 0 unspecified atom stereocenters. The molecule has 0 saturated heterocycles. The van der Waals surface area contributed by atoms with Gasteiger partial charge in [-0.15, -0.1) is 0 Å². The van der Waals surface area contributed by atoms with Crippen LogP contribution in [0.2, 0.25) is 0 Å². The van der Waals surface area contributed by atoms with Gasteiger partial charge in [-0.05, 0) is 30.7 Å². The predicted octanol–water partition coefficient (Wildman–Crippen LogP) is 4.16. The molecule has 0 radical (unpaired) electrons. The molecule has 6 nitrogen and oxygen atoms in total. The molecular formula is C14H10BrNO5. The number of hydrogen-bond acceptors (Lipinski definition) is 4. The molecule has 0 saturated carbocycles. The first-order chi connectivity index (χ1) is 9.90. The van der Waals surface area contributed by atoms with Gasteiger partial charge in [0.2, 0.25) is 5.75 Å². The van der Waals surface area contributed by atoms with E-state index in [2.05, 4.69) is 15.9 Å². The van der Waals surface area contributed by atoms with Crippen molar-refractivity contribution < 1.29 is 19.6 Å². The molecule has 1 N–H and O–H groups in total. The first kappa shape index (κ1) is 15.0. The summed E-state index contributed by atoms with van der Waals surface area (Å²) >= 11 is 3.18. The van der Waals surface area contributed by atoms with E-state index in [1.807, 2.05) is 0 Å². The van der Waals surface area contributed by atoms with Crippen molar-refractivity contribution in [2.24, 2.45) is 0 Å². The Morgan fingerprint density at radius 3 is 2.62 bits per heavy atom. The number of ether oxygens (including phenoxy) is 1. The van der Waals surface area contributed by atoms with Crippen LogP contribution in [0, 0.1) is 17.0 Å². The number of nitro groups is 1. The number of aromatic carboxylic acids is 1. The number of carboxylic acid groups (broad SMARTS) is 1. The molecule has 0 spiro atoms. The summed E-state index contributed by atoms with van der Waals surface area (Å²) in [5.41, 5.74) is 0.229. The molecule has 0 aliphatic heterocycles. The highest BCUT2D eigenvalue weighted by molar-refractivity contribution is 9.10. The monoisotopic (exact) mass is 351 g/mol. The van der Waals surface area contributed by atoms with Crippen molar-refractivity contribution in [2.45, 2.75) is 6.92 Å². The van der Waals surface area contributed by atoms with Crippen molar-refractivity contribution in [1.82, 2.24) is 0 Å². The van der Waals surface area contributed by atoms with Crippen LogP contribution in [0.1, 0.15) is 15.9 Å². The second kappa shape index (κ2) is 5.92. The van der Waals surface area contributed by atoms with E-state index in [0.717, 1.165) is 0 Å². The third-order valence-electron chi connectivity index (χ3n) is 2.75. The van der Waals surface area contributed by atoms with Crippen LogP contribution in [0.15, 0.2) is 40.9 Å². The number of rotatable bonds is 4. The number of nitrogens with zero attached hydrogens (tertiary/aromatic N) is 1. The van der Waals surface area contributed by atoms with Crippen LogP contribution >= 0.6 is 15.9 Å².